The topological polar surface area (TPSA) is 29.5 Å². The molecule has 1 aliphatic heterocycles. The van der Waals surface area contributed by atoms with E-state index in [1.807, 2.05) is 18.2 Å². The number of hydrogen-bond acceptors (Lipinski definition) is 3. The van der Waals surface area contributed by atoms with Crippen molar-refractivity contribution in [2.75, 3.05) is 25.1 Å². The fourth-order valence-corrected chi connectivity index (χ4v) is 2.94. The summed E-state index contributed by atoms with van der Waals surface area (Å²) < 4.78 is 5.29. The summed E-state index contributed by atoms with van der Waals surface area (Å²) >= 11 is 5.91. The molecule has 0 N–H and O–H groups in total. The Morgan fingerprint density at radius 2 is 1.77 bits per heavy atom. The van der Waals surface area contributed by atoms with Gasteiger partial charge in [0.25, 0.3) is 0 Å². The molecule has 0 unspecified atom stereocenters. The molecule has 22 heavy (non-hydrogen) atoms. The van der Waals surface area contributed by atoms with Gasteiger partial charge in [-0.05, 0) is 55.3 Å². The Kier molecular flexibility index (Phi) is 4.34. The molecule has 0 atom stereocenters. The van der Waals surface area contributed by atoms with E-state index in [0.29, 0.717) is 21.9 Å². The number of anilines is 1. The third-order valence-corrected chi connectivity index (χ3v) is 4.25. The first-order chi connectivity index (χ1) is 10.7. The maximum Gasteiger partial charge on any atom is 0.195 e. The molecular formula is C18H18ClNO2. The van der Waals surface area contributed by atoms with Crippen molar-refractivity contribution >= 4 is 23.1 Å². The second kappa shape index (κ2) is 6.41. The zero-order valence-corrected chi connectivity index (χ0v) is 13.3. The molecule has 0 saturated carbocycles. The minimum absolute atomic E-state index is 0.00235. The average Bonchev–Trinajstić information content (AvgIpc) is 3.08. The number of nitrogens with zero attached hydrogens (tertiary/aromatic N) is 1. The van der Waals surface area contributed by atoms with Gasteiger partial charge >= 0.3 is 0 Å². The normalized spacial score (nSPS) is 14.2. The number of hydrogen-bond donors (Lipinski definition) is 0. The Hall–Kier alpha value is -2.00. The number of carbonyl (C=O) groups excluding carboxylic acids is 1. The third-order valence-electron chi connectivity index (χ3n) is 4.00. The fourth-order valence-electron chi connectivity index (χ4n) is 2.81. The van der Waals surface area contributed by atoms with Gasteiger partial charge in [0, 0.05) is 34.9 Å². The number of methoxy groups -OCH3 is 1. The highest BCUT2D eigenvalue weighted by molar-refractivity contribution is 6.30. The van der Waals surface area contributed by atoms with Crippen molar-refractivity contribution in [3.05, 3.63) is 58.6 Å². The molecule has 0 bridgehead atoms. The van der Waals surface area contributed by atoms with Crippen LogP contribution in [0.2, 0.25) is 5.02 Å². The van der Waals surface area contributed by atoms with Crippen LogP contribution < -0.4 is 9.64 Å². The maximum atomic E-state index is 12.9. The standard InChI is InChI=1S/C18H18ClNO2/c1-22-15-8-9-17(20-10-2-3-11-20)16(12-15)18(21)13-4-6-14(19)7-5-13/h4-9,12H,2-3,10-11H2,1H3. The minimum Gasteiger partial charge on any atom is -0.497 e. The highest BCUT2D eigenvalue weighted by atomic mass is 35.5. The van der Waals surface area contributed by atoms with Crippen LogP contribution in [-0.2, 0) is 0 Å². The smallest absolute Gasteiger partial charge is 0.195 e. The SMILES string of the molecule is COc1ccc(N2CCCC2)c(C(=O)c2ccc(Cl)cc2)c1. The van der Waals surface area contributed by atoms with E-state index in [2.05, 4.69) is 4.90 Å². The van der Waals surface area contributed by atoms with Gasteiger partial charge in [-0.25, -0.2) is 0 Å². The summed E-state index contributed by atoms with van der Waals surface area (Å²) in [5, 5.41) is 0.627. The Labute approximate surface area is 135 Å². The van der Waals surface area contributed by atoms with Gasteiger partial charge in [0.05, 0.1) is 7.11 Å². The molecule has 0 aromatic heterocycles. The first-order valence-electron chi connectivity index (χ1n) is 7.42. The number of benzene rings is 2. The van der Waals surface area contributed by atoms with Gasteiger partial charge in [0.1, 0.15) is 5.75 Å². The zero-order valence-electron chi connectivity index (χ0n) is 12.5. The largest absolute Gasteiger partial charge is 0.497 e. The quantitative estimate of drug-likeness (QED) is 0.793. The number of rotatable bonds is 4. The molecule has 0 amide bonds. The van der Waals surface area contributed by atoms with Gasteiger partial charge in [-0.1, -0.05) is 11.6 Å². The molecule has 0 spiro atoms. The summed E-state index contributed by atoms with van der Waals surface area (Å²) in [5.41, 5.74) is 2.31. The van der Waals surface area contributed by atoms with Crippen molar-refractivity contribution in [3.8, 4) is 5.75 Å². The number of ether oxygens (including phenoxy) is 1. The lowest BCUT2D eigenvalue weighted by molar-refractivity contribution is 0.103. The van der Waals surface area contributed by atoms with Gasteiger partial charge in [-0.15, -0.1) is 0 Å². The summed E-state index contributed by atoms with van der Waals surface area (Å²) in [6, 6.07) is 12.7. The minimum atomic E-state index is -0.00235. The molecule has 3 nitrogen and oxygen atoms in total. The van der Waals surface area contributed by atoms with Gasteiger partial charge in [0.2, 0.25) is 0 Å². The summed E-state index contributed by atoms with van der Waals surface area (Å²) in [6.07, 6.45) is 2.33. The molecule has 2 aromatic rings. The monoisotopic (exact) mass is 315 g/mol. The van der Waals surface area contributed by atoms with Gasteiger partial charge in [-0.3, -0.25) is 4.79 Å². The van der Waals surface area contributed by atoms with Crippen LogP contribution in [0.3, 0.4) is 0 Å². The lowest BCUT2D eigenvalue weighted by Crippen LogP contribution is -2.21. The van der Waals surface area contributed by atoms with E-state index in [1.165, 1.54) is 12.8 Å². The summed E-state index contributed by atoms with van der Waals surface area (Å²) in [6.45, 7) is 1.99. The maximum absolute atomic E-state index is 12.9. The second-order valence-electron chi connectivity index (χ2n) is 5.41. The van der Waals surface area contributed by atoms with Crippen molar-refractivity contribution in [2.24, 2.45) is 0 Å². The molecule has 0 aliphatic carbocycles. The van der Waals surface area contributed by atoms with E-state index < -0.39 is 0 Å². The Bertz CT molecular complexity index is 676. The summed E-state index contributed by atoms with van der Waals surface area (Å²) in [5.74, 6) is 0.692. The third kappa shape index (κ3) is 2.95. The van der Waals surface area contributed by atoms with Crippen LogP contribution in [-0.4, -0.2) is 26.0 Å². The Balaban J connectivity index is 2.02. The molecule has 1 aliphatic rings. The molecule has 2 aromatic carbocycles. The van der Waals surface area contributed by atoms with Crippen molar-refractivity contribution in [2.45, 2.75) is 12.8 Å². The van der Waals surface area contributed by atoms with Crippen LogP contribution in [0.5, 0.6) is 5.75 Å². The van der Waals surface area contributed by atoms with E-state index >= 15 is 0 Å². The van der Waals surface area contributed by atoms with Crippen molar-refractivity contribution < 1.29 is 9.53 Å². The summed E-state index contributed by atoms with van der Waals surface area (Å²) in [4.78, 5) is 15.1. The Morgan fingerprint density at radius 1 is 1.09 bits per heavy atom. The van der Waals surface area contributed by atoms with Crippen LogP contribution >= 0.6 is 11.6 Å². The van der Waals surface area contributed by atoms with Gasteiger partial charge < -0.3 is 9.64 Å². The van der Waals surface area contributed by atoms with Gasteiger partial charge in [0.15, 0.2) is 5.78 Å². The lowest BCUT2D eigenvalue weighted by Gasteiger charge is -2.21. The second-order valence-corrected chi connectivity index (χ2v) is 5.85. The molecule has 4 heteroatoms. The molecule has 0 radical (unpaired) electrons. The first-order valence-corrected chi connectivity index (χ1v) is 7.80. The van der Waals surface area contributed by atoms with Crippen LogP contribution in [0.15, 0.2) is 42.5 Å². The van der Waals surface area contributed by atoms with E-state index in [-0.39, 0.29) is 5.78 Å². The van der Waals surface area contributed by atoms with E-state index in [9.17, 15) is 4.79 Å². The Morgan fingerprint density at radius 3 is 2.41 bits per heavy atom. The predicted molar refractivity (Wildman–Crippen MR) is 89.3 cm³/mol. The van der Waals surface area contributed by atoms with Crippen LogP contribution in [0.1, 0.15) is 28.8 Å². The number of carbonyl (C=O) groups is 1. The highest BCUT2D eigenvalue weighted by Crippen LogP contribution is 2.30. The zero-order chi connectivity index (χ0) is 15.5. The van der Waals surface area contributed by atoms with Crippen molar-refractivity contribution in [1.29, 1.82) is 0 Å². The van der Waals surface area contributed by atoms with Crippen molar-refractivity contribution in [3.63, 3.8) is 0 Å². The molecule has 1 fully saturated rings. The highest BCUT2D eigenvalue weighted by Gasteiger charge is 2.21. The van der Waals surface area contributed by atoms with Crippen LogP contribution in [0, 0.1) is 0 Å². The molecular weight excluding hydrogens is 298 g/mol. The first kappa shape index (κ1) is 14.9. The van der Waals surface area contributed by atoms with Crippen LogP contribution in [0.4, 0.5) is 5.69 Å². The van der Waals surface area contributed by atoms with E-state index in [1.54, 1.807) is 31.4 Å². The average molecular weight is 316 g/mol. The molecule has 1 heterocycles. The summed E-state index contributed by atoms with van der Waals surface area (Å²) in [7, 11) is 1.61. The molecule has 114 valence electrons. The number of ketones is 1. The molecule has 3 rings (SSSR count). The van der Waals surface area contributed by atoms with Crippen molar-refractivity contribution in [1.82, 2.24) is 0 Å². The predicted octanol–water partition coefficient (Wildman–Crippen LogP) is 4.18. The van der Waals surface area contributed by atoms with Crippen LogP contribution in [0.25, 0.3) is 0 Å². The fraction of sp³-hybridized carbons (Fsp3) is 0.278. The van der Waals surface area contributed by atoms with E-state index in [4.69, 9.17) is 16.3 Å². The van der Waals surface area contributed by atoms with Gasteiger partial charge in [-0.2, -0.15) is 0 Å². The van der Waals surface area contributed by atoms with E-state index in [0.717, 1.165) is 18.8 Å². The number of halogens is 1. The lowest BCUT2D eigenvalue weighted by atomic mass is 10.0. The molecule has 1 saturated heterocycles.